The quantitative estimate of drug-likeness (QED) is 0.823. The normalized spacial score (nSPS) is 11.0. The fourth-order valence-corrected chi connectivity index (χ4v) is 2.68. The van der Waals surface area contributed by atoms with Gasteiger partial charge in [0.25, 0.3) is 0 Å². The van der Waals surface area contributed by atoms with Crippen LogP contribution in [0, 0.1) is 13.8 Å². The lowest BCUT2D eigenvalue weighted by molar-refractivity contribution is 0.689. The molecule has 2 rings (SSSR count). The van der Waals surface area contributed by atoms with Crippen LogP contribution in [0.3, 0.4) is 0 Å². The molecule has 0 unspecified atom stereocenters. The molecule has 0 aliphatic carbocycles. The fraction of sp³-hybridized carbons (Fsp3) is 0.500. The number of nitrogens with zero attached hydrogens (tertiary/aromatic N) is 3. The van der Waals surface area contributed by atoms with E-state index in [2.05, 4.69) is 35.4 Å². The summed E-state index contributed by atoms with van der Waals surface area (Å²) in [7, 11) is 1.94. The molecule has 17 heavy (non-hydrogen) atoms. The third-order valence-corrected chi connectivity index (χ3v) is 3.71. The summed E-state index contributed by atoms with van der Waals surface area (Å²) in [6.45, 7) is 6.01. The highest BCUT2D eigenvalue weighted by molar-refractivity contribution is 7.11. The van der Waals surface area contributed by atoms with Crippen LogP contribution in [0.15, 0.2) is 12.4 Å². The van der Waals surface area contributed by atoms with Crippen LogP contribution >= 0.6 is 11.3 Å². The zero-order chi connectivity index (χ0) is 12.3. The van der Waals surface area contributed by atoms with Crippen LogP contribution in [0.2, 0.25) is 0 Å². The first kappa shape index (κ1) is 12.3. The van der Waals surface area contributed by atoms with Crippen molar-refractivity contribution >= 4 is 11.3 Å². The van der Waals surface area contributed by atoms with Crippen LogP contribution in [0.1, 0.15) is 21.1 Å². The molecule has 1 N–H and O–H groups in total. The van der Waals surface area contributed by atoms with Crippen LogP contribution in [0.4, 0.5) is 0 Å². The van der Waals surface area contributed by atoms with Crippen molar-refractivity contribution in [1.29, 1.82) is 0 Å². The maximum atomic E-state index is 4.42. The Bertz CT molecular complexity index is 486. The number of hydrogen-bond donors (Lipinski definition) is 1. The number of hydrogen-bond acceptors (Lipinski definition) is 4. The highest BCUT2D eigenvalue weighted by atomic mass is 32.1. The second-order valence-corrected chi connectivity index (χ2v) is 5.48. The number of rotatable bonds is 5. The molecule has 2 aromatic rings. The van der Waals surface area contributed by atoms with Crippen molar-refractivity contribution < 1.29 is 0 Å². The lowest BCUT2D eigenvalue weighted by Gasteiger charge is -2.01. The average Bonchev–Trinajstić information content (AvgIpc) is 2.81. The van der Waals surface area contributed by atoms with Crippen molar-refractivity contribution in [2.45, 2.75) is 26.8 Å². The first-order valence-corrected chi connectivity index (χ1v) is 6.58. The molecule has 2 heterocycles. The molecule has 92 valence electrons. The summed E-state index contributed by atoms with van der Waals surface area (Å²) in [6, 6.07) is 0. The van der Waals surface area contributed by atoms with Gasteiger partial charge in [-0.25, -0.2) is 4.98 Å². The molecule has 0 spiro atoms. The van der Waals surface area contributed by atoms with Gasteiger partial charge >= 0.3 is 0 Å². The zero-order valence-corrected chi connectivity index (χ0v) is 11.3. The Kier molecular flexibility index (Phi) is 3.91. The summed E-state index contributed by atoms with van der Waals surface area (Å²) in [5.74, 6) is 0. The van der Waals surface area contributed by atoms with E-state index in [0.717, 1.165) is 30.2 Å². The van der Waals surface area contributed by atoms with E-state index in [4.69, 9.17) is 0 Å². The van der Waals surface area contributed by atoms with E-state index in [1.165, 1.54) is 10.4 Å². The van der Waals surface area contributed by atoms with Crippen molar-refractivity contribution in [2.75, 3.05) is 6.54 Å². The SMILES string of the molecule is Cc1nc(C)c(CNCCc2cnn(C)c2)s1. The molecule has 0 aliphatic heterocycles. The monoisotopic (exact) mass is 250 g/mol. The Labute approximate surface area is 106 Å². The minimum Gasteiger partial charge on any atom is -0.311 e. The van der Waals surface area contributed by atoms with Gasteiger partial charge in [-0.2, -0.15) is 5.10 Å². The summed E-state index contributed by atoms with van der Waals surface area (Å²) in [4.78, 5) is 5.76. The van der Waals surface area contributed by atoms with Gasteiger partial charge in [-0.15, -0.1) is 11.3 Å². The molecular weight excluding hydrogens is 232 g/mol. The van der Waals surface area contributed by atoms with Crippen molar-refractivity contribution in [3.63, 3.8) is 0 Å². The first-order valence-electron chi connectivity index (χ1n) is 5.76. The lowest BCUT2D eigenvalue weighted by atomic mass is 10.2. The van der Waals surface area contributed by atoms with Gasteiger partial charge in [0.1, 0.15) is 0 Å². The van der Waals surface area contributed by atoms with Crippen LogP contribution in [-0.2, 0) is 20.0 Å². The maximum Gasteiger partial charge on any atom is 0.0900 e. The molecule has 0 radical (unpaired) electrons. The topological polar surface area (TPSA) is 42.7 Å². The standard InChI is InChI=1S/C12H18N4S/c1-9-12(17-10(2)15-9)7-13-5-4-11-6-14-16(3)8-11/h6,8,13H,4-5,7H2,1-3H3. The van der Waals surface area contributed by atoms with Gasteiger partial charge < -0.3 is 5.32 Å². The van der Waals surface area contributed by atoms with E-state index in [9.17, 15) is 0 Å². The summed E-state index contributed by atoms with van der Waals surface area (Å²) in [5, 5.41) is 8.74. The smallest absolute Gasteiger partial charge is 0.0900 e. The highest BCUT2D eigenvalue weighted by Gasteiger charge is 2.03. The molecule has 0 aromatic carbocycles. The molecular formula is C12H18N4S. The van der Waals surface area contributed by atoms with Crippen molar-refractivity contribution in [3.05, 3.63) is 33.5 Å². The number of nitrogens with one attached hydrogen (secondary N) is 1. The molecule has 2 aromatic heterocycles. The predicted octanol–water partition coefficient (Wildman–Crippen LogP) is 1.83. The van der Waals surface area contributed by atoms with Crippen molar-refractivity contribution in [3.8, 4) is 0 Å². The Balaban J connectivity index is 1.75. The summed E-state index contributed by atoms with van der Waals surface area (Å²) >= 11 is 1.77. The predicted molar refractivity (Wildman–Crippen MR) is 70.2 cm³/mol. The van der Waals surface area contributed by atoms with Gasteiger partial charge in [0.15, 0.2) is 0 Å². The van der Waals surface area contributed by atoms with E-state index in [0.29, 0.717) is 0 Å². The van der Waals surface area contributed by atoms with E-state index in [-0.39, 0.29) is 0 Å². The van der Waals surface area contributed by atoms with Crippen LogP contribution in [-0.4, -0.2) is 21.3 Å². The Hall–Kier alpha value is -1.20. The third kappa shape index (κ3) is 3.38. The third-order valence-electron chi connectivity index (χ3n) is 2.63. The Morgan fingerprint density at radius 3 is 2.82 bits per heavy atom. The second-order valence-electron chi connectivity index (χ2n) is 4.19. The maximum absolute atomic E-state index is 4.42. The molecule has 0 saturated heterocycles. The van der Waals surface area contributed by atoms with E-state index >= 15 is 0 Å². The van der Waals surface area contributed by atoms with Gasteiger partial charge in [0.2, 0.25) is 0 Å². The van der Waals surface area contributed by atoms with Crippen molar-refractivity contribution in [2.24, 2.45) is 7.05 Å². The van der Waals surface area contributed by atoms with Crippen molar-refractivity contribution in [1.82, 2.24) is 20.1 Å². The number of aryl methyl sites for hydroxylation is 3. The lowest BCUT2D eigenvalue weighted by Crippen LogP contribution is -2.16. The van der Waals surface area contributed by atoms with Gasteiger partial charge in [0, 0.05) is 24.7 Å². The van der Waals surface area contributed by atoms with Crippen LogP contribution < -0.4 is 5.32 Å². The summed E-state index contributed by atoms with van der Waals surface area (Å²) < 4.78 is 1.84. The molecule has 4 nitrogen and oxygen atoms in total. The van der Waals surface area contributed by atoms with Gasteiger partial charge in [-0.05, 0) is 32.4 Å². The van der Waals surface area contributed by atoms with E-state index in [1.54, 1.807) is 11.3 Å². The molecule has 5 heteroatoms. The minimum atomic E-state index is 0.914. The summed E-state index contributed by atoms with van der Waals surface area (Å²) in [5.41, 5.74) is 2.43. The molecule has 0 bridgehead atoms. The number of thiazole rings is 1. The largest absolute Gasteiger partial charge is 0.311 e. The first-order chi connectivity index (χ1) is 8.15. The average molecular weight is 250 g/mol. The van der Waals surface area contributed by atoms with Crippen LogP contribution in [0.5, 0.6) is 0 Å². The van der Waals surface area contributed by atoms with Crippen LogP contribution in [0.25, 0.3) is 0 Å². The molecule has 0 saturated carbocycles. The van der Waals surface area contributed by atoms with Gasteiger partial charge in [-0.3, -0.25) is 4.68 Å². The van der Waals surface area contributed by atoms with E-state index in [1.807, 2.05) is 17.9 Å². The van der Waals surface area contributed by atoms with Gasteiger partial charge in [0.05, 0.1) is 16.9 Å². The Morgan fingerprint density at radius 2 is 2.24 bits per heavy atom. The van der Waals surface area contributed by atoms with Gasteiger partial charge in [-0.1, -0.05) is 0 Å². The Morgan fingerprint density at radius 1 is 1.41 bits per heavy atom. The molecule has 0 amide bonds. The minimum absolute atomic E-state index is 0.914. The zero-order valence-electron chi connectivity index (χ0n) is 10.5. The second kappa shape index (κ2) is 5.42. The molecule has 0 fully saturated rings. The molecule has 0 aliphatic rings. The summed E-state index contributed by atoms with van der Waals surface area (Å²) in [6.07, 6.45) is 5.00. The molecule has 0 atom stereocenters. The van der Waals surface area contributed by atoms with E-state index < -0.39 is 0 Å². The highest BCUT2D eigenvalue weighted by Crippen LogP contribution is 2.16. The number of aromatic nitrogens is 3. The fourth-order valence-electron chi connectivity index (χ4n) is 1.77.